The number of nitrogens with zero attached hydrogens (tertiary/aromatic N) is 1. The van der Waals surface area contributed by atoms with Crippen LogP contribution in [0.3, 0.4) is 0 Å². The summed E-state index contributed by atoms with van der Waals surface area (Å²) >= 11 is 0. The Morgan fingerprint density at radius 3 is 2.25 bits per heavy atom. The van der Waals surface area contributed by atoms with Gasteiger partial charge in [0.15, 0.2) is 0 Å². The van der Waals surface area contributed by atoms with Gasteiger partial charge >= 0.3 is 0 Å². The van der Waals surface area contributed by atoms with Gasteiger partial charge in [-0.3, -0.25) is 13.9 Å². The molecular formula is C24H33N3O4S. The second-order valence-corrected chi connectivity index (χ2v) is 10.2. The molecule has 0 saturated carbocycles. The molecule has 0 aromatic heterocycles. The molecule has 7 nitrogen and oxygen atoms in total. The molecule has 2 aromatic carbocycles. The number of aryl methyl sites for hydroxylation is 2. The van der Waals surface area contributed by atoms with Gasteiger partial charge in [-0.1, -0.05) is 39.0 Å². The lowest BCUT2D eigenvalue weighted by atomic mass is 10.1. The fraction of sp³-hybridized carbons (Fsp3) is 0.417. The van der Waals surface area contributed by atoms with Gasteiger partial charge in [-0.2, -0.15) is 0 Å². The van der Waals surface area contributed by atoms with Crippen molar-refractivity contribution >= 4 is 33.2 Å². The van der Waals surface area contributed by atoms with Crippen LogP contribution in [0, 0.1) is 19.8 Å². The van der Waals surface area contributed by atoms with Crippen LogP contribution in [-0.2, 0) is 14.8 Å². The molecule has 0 aliphatic heterocycles. The highest BCUT2D eigenvalue weighted by Gasteiger charge is 2.32. The van der Waals surface area contributed by atoms with Gasteiger partial charge in [-0.15, -0.1) is 0 Å². The molecular weight excluding hydrogens is 426 g/mol. The van der Waals surface area contributed by atoms with Crippen LogP contribution in [0.25, 0.3) is 0 Å². The van der Waals surface area contributed by atoms with Crippen LogP contribution in [0.5, 0.6) is 0 Å². The molecule has 0 unspecified atom stereocenters. The number of nitrogens with one attached hydrogen (secondary N) is 2. The molecule has 2 aromatic rings. The summed E-state index contributed by atoms with van der Waals surface area (Å²) in [5.41, 5.74) is 3.05. The van der Waals surface area contributed by atoms with Crippen molar-refractivity contribution < 1.29 is 18.0 Å². The molecule has 0 saturated heterocycles. The Balaban J connectivity index is 2.38. The van der Waals surface area contributed by atoms with E-state index in [1.54, 1.807) is 43.3 Å². The van der Waals surface area contributed by atoms with Crippen molar-refractivity contribution in [3.05, 3.63) is 59.2 Å². The lowest BCUT2D eigenvalue weighted by Gasteiger charge is -2.30. The molecule has 0 fully saturated rings. The molecule has 0 spiro atoms. The van der Waals surface area contributed by atoms with E-state index in [4.69, 9.17) is 0 Å². The van der Waals surface area contributed by atoms with E-state index < -0.39 is 22.0 Å². The van der Waals surface area contributed by atoms with Crippen molar-refractivity contribution in [2.75, 3.05) is 22.4 Å². The first-order valence-electron chi connectivity index (χ1n) is 10.7. The number of carbonyl (C=O) groups is 2. The van der Waals surface area contributed by atoms with E-state index in [-0.39, 0.29) is 18.2 Å². The fourth-order valence-corrected chi connectivity index (χ4v) is 4.52. The third-order valence-corrected chi connectivity index (χ3v) is 6.36. The van der Waals surface area contributed by atoms with E-state index in [0.717, 1.165) is 21.7 Å². The molecule has 174 valence electrons. The summed E-state index contributed by atoms with van der Waals surface area (Å²) in [6.45, 7) is 10.1. The molecule has 2 rings (SSSR count). The number of rotatable bonds is 9. The van der Waals surface area contributed by atoms with Crippen LogP contribution in [0.1, 0.15) is 48.7 Å². The number of benzene rings is 2. The van der Waals surface area contributed by atoms with Gasteiger partial charge in [0.25, 0.3) is 5.91 Å². The highest BCUT2D eigenvalue weighted by molar-refractivity contribution is 7.92. The lowest BCUT2D eigenvalue weighted by molar-refractivity contribution is -0.117. The molecule has 0 radical (unpaired) electrons. The zero-order chi connectivity index (χ0) is 24.1. The fourth-order valence-electron chi connectivity index (χ4n) is 3.32. The van der Waals surface area contributed by atoms with Gasteiger partial charge in [0.05, 0.1) is 23.2 Å². The molecule has 2 N–H and O–H groups in total. The Labute approximate surface area is 191 Å². The Morgan fingerprint density at radius 2 is 1.69 bits per heavy atom. The minimum absolute atomic E-state index is 0.257. The molecule has 8 heteroatoms. The molecule has 0 aliphatic carbocycles. The van der Waals surface area contributed by atoms with Crippen LogP contribution >= 0.6 is 0 Å². The number of hydrogen-bond donors (Lipinski definition) is 2. The summed E-state index contributed by atoms with van der Waals surface area (Å²) in [4.78, 5) is 25.9. The van der Waals surface area contributed by atoms with Crippen LogP contribution < -0.4 is 14.9 Å². The van der Waals surface area contributed by atoms with Gasteiger partial charge in [-0.05, 0) is 61.6 Å². The van der Waals surface area contributed by atoms with Crippen molar-refractivity contribution in [1.29, 1.82) is 0 Å². The first kappa shape index (κ1) is 25.4. The normalized spacial score (nSPS) is 12.3. The predicted octanol–water partition coefficient (Wildman–Crippen LogP) is 3.87. The second kappa shape index (κ2) is 10.6. The van der Waals surface area contributed by atoms with Crippen LogP contribution in [0.4, 0.5) is 11.4 Å². The third kappa shape index (κ3) is 6.32. The number of carbonyl (C=O) groups excluding carboxylic acids is 2. The monoisotopic (exact) mass is 459 g/mol. The van der Waals surface area contributed by atoms with Gasteiger partial charge in [0, 0.05) is 6.54 Å². The standard InChI is InChI=1S/C24H33N3O4S/c1-7-22(27(32(6,30)31)19-13-12-17(4)18(5)14-19)24(29)26-21-11-9-8-10-20(21)23(28)25-15-16(2)3/h8-14,16,22H,7,15H2,1-6H3,(H,25,28)(H,26,29)/t22-/m0/s1. The Kier molecular flexibility index (Phi) is 8.44. The second-order valence-electron chi connectivity index (χ2n) is 8.39. The smallest absolute Gasteiger partial charge is 0.253 e. The van der Waals surface area contributed by atoms with E-state index in [1.807, 2.05) is 33.8 Å². The zero-order valence-electron chi connectivity index (χ0n) is 19.6. The van der Waals surface area contributed by atoms with Crippen LogP contribution in [0.2, 0.25) is 0 Å². The van der Waals surface area contributed by atoms with E-state index in [2.05, 4.69) is 10.6 Å². The van der Waals surface area contributed by atoms with E-state index in [9.17, 15) is 18.0 Å². The van der Waals surface area contributed by atoms with Crippen molar-refractivity contribution in [1.82, 2.24) is 5.32 Å². The molecule has 2 amide bonds. The maximum atomic E-state index is 13.2. The number of hydrogen-bond acceptors (Lipinski definition) is 4. The largest absolute Gasteiger partial charge is 0.352 e. The molecule has 0 heterocycles. The van der Waals surface area contributed by atoms with Gasteiger partial charge < -0.3 is 10.6 Å². The number of sulfonamides is 1. The average molecular weight is 460 g/mol. The maximum absolute atomic E-state index is 13.2. The SMILES string of the molecule is CC[C@@H](C(=O)Nc1ccccc1C(=O)NCC(C)C)N(c1ccc(C)c(C)c1)S(C)(=O)=O. The summed E-state index contributed by atoms with van der Waals surface area (Å²) in [7, 11) is -3.75. The summed E-state index contributed by atoms with van der Waals surface area (Å²) in [5.74, 6) is -0.511. The van der Waals surface area contributed by atoms with E-state index >= 15 is 0 Å². The van der Waals surface area contributed by atoms with Gasteiger partial charge in [-0.25, -0.2) is 8.42 Å². The Hall–Kier alpha value is -2.87. The van der Waals surface area contributed by atoms with Crippen molar-refractivity contribution in [2.45, 2.75) is 47.1 Å². The topological polar surface area (TPSA) is 95.6 Å². The lowest BCUT2D eigenvalue weighted by Crippen LogP contribution is -2.47. The van der Waals surface area contributed by atoms with Crippen LogP contribution in [0.15, 0.2) is 42.5 Å². The quantitative estimate of drug-likeness (QED) is 0.595. The molecule has 32 heavy (non-hydrogen) atoms. The zero-order valence-corrected chi connectivity index (χ0v) is 20.4. The van der Waals surface area contributed by atoms with Gasteiger partial charge in [0.2, 0.25) is 15.9 Å². The van der Waals surface area contributed by atoms with Gasteiger partial charge in [0.1, 0.15) is 6.04 Å². The maximum Gasteiger partial charge on any atom is 0.253 e. The number of amides is 2. The van der Waals surface area contributed by atoms with E-state index in [1.165, 1.54) is 0 Å². The summed E-state index contributed by atoms with van der Waals surface area (Å²) < 4.78 is 26.5. The minimum Gasteiger partial charge on any atom is -0.352 e. The minimum atomic E-state index is -3.75. The van der Waals surface area contributed by atoms with Crippen molar-refractivity contribution in [3.8, 4) is 0 Å². The highest BCUT2D eigenvalue weighted by Crippen LogP contribution is 2.26. The Morgan fingerprint density at radius 1 is 1.03 bits per heavy atom. The van der Waals surface area contributed by atoms with Crippen molar-refractivity contribution in [2.24, 2.45) is 5.92 Å². The first-order chi connectivity index (χ1) is 15.0. The summed E-state index contributed by atoms with van der Waals surface area (Å²) in [5, 5.41) is 5.62. The molecule has 0 bridgehead atoms. The number of anilines is 2. The highest BCUT2D eigenvalue weighted by atomic mass is 32.2. The van der Waals surface area contributed by atoms with Crippen LogP contribution in [-0.4, -0.2) is 39.1 Å². The molecule has 0 aliphatic rings. The summed E-state index contributed by atoms with van der Waals surface area (Å²) in [6.07, 6.45) is 1.35. The number of para-hydroxylation sites is 1. The first-order valence-corrected chi connectivity index (χ1v) is 12.5. The van der Waals surface area contributed by atoms with Crippen molar-refractivity contribution in [3.63, 3.8) is 0 Å². The Bertz CT molecular complexity index is 1080. The predicted molar refractivity (Wildman–Crippen MR) is 130 cm³/mol. The summed E-state index contributed by atoms with van der Waals surface area (Å²) in [6, 6.07) is 11.0. The average Bonchev–Trinajstić information content (AvgIpc) is 2.71. The molecule has 1 atom stereocenters. The van der Waals surface area contributed by atoms with E-state index in [0.29, 0.717) is 23.5 Å². The third-order valence-electron chi connectivity index (χ3n) is 5.18.